The molecule has 0 spiro atoms. The van der Waals surface area contributed by atoms with Gasteiger partial charge < -0.3 is 14.8 Å². The second-order valence-electron chi connectivity index (χ2n) is 8.14. The van der Waals surface area contributed by atoms with Crippen LogP contribution in [0.1, 0.15) is 48.7 Å². The summed E-state index contributed by atoms with van der Waals surface area (Å²) in [7, 11) is -1.93. The molecule has 0 bridgehead atoms. The van der Waals surface area contributed by atoms with Gasteiger partial charge in [0.15, 0.2) is 8.32 Å². The zero-order valence-corrected chi connectivity index (χ0v) is 17.4. The number of amides is 1. The average molecular weight is 366 g/mol. The lowest BCUT2D eigenvalue weighted by atomic mass is 10.1. The summed E-state index contributed by atoms with van der Waals surface area (Å²) in [5, 5.41) is 12.1. The number of benzene rings is 1. The van der Waals surface area contributed by atoms with Gasteiger partial charge in [-0.3, -0.25) is 4.79 Å². The van der Waals surface area contributed by atoms with Crippen molar-refractivity contribution in [2.24, 2.45) is 0 Å². The van der Waals surface area contributed by atoms with E-state index in [1.165, 1.54) is 0 Å². The molecule has 0 saturated heterocycles. The van der Waals surface area contributed by atoms with Crippen molar-refractivity contribution in [3.63, 3.8) is 0 Å². The fraction of sp³-hybridized carbons (Fsp3) is 0.579. The minimum atomic E-state index is -1.93. The number of aryl methyl sites for hydroxylation is 2. The van der Waals surface area contributed by atoms with Crippen molar-refractivity contribution in [1.82, 2.24) is 5.32 Å². The molecule has 0 heterocycles. The van der Waals surface area contributed by atoms with Crippen molar-refractivity contribution < 1.29 is 19.1 Å². The highest BCUT2D eigenvalue weighted by Crippen LogP contribution is 2.36. The van der Waals surface area contributed by atoms with E-state index in [4.69, 9.17) is 4.43 Å². The van der Waals surface area contributed by atoms with Crippen molar-refractivity contribution >= 4 is 20.2 Å². The van der Waals surface area contributed by atoms with Crippen molar-refractivity contribution in [2.45, 2.75) is 65.2 Å². The van der Waals surface area contributed by atoms with Crippen LogP contribution in [0.4, 0.5) is 0 Å². The predicted molar refractivity (Wildman–Crippen MR) is 103 cm³/mol. The second kappa shape index (κ2) is 8.14. The first kappa shape index (κ1) is 21.4. The maximum Gasteiger partial charge on any atom is 0.326 e. The Balaban J connectivity index is 2.72. The molecule has 2 N–H and O–H groups in total. The molecule has 1 atom stereocenters. The largest absolute Gasteiger partial charge is 0.480 e. The highest BCUT2D eigenvalue weighted by molar-refractivity contribution is 6.74. The highest BCUT2D eigenvalue weighted by Gasteiger charge is 2.37. The van der Waals surface area contributed by atoms with Crippen LogP contribution in [0.5, 0.6) is 0 Å². The van der Waals surface area contributed by atoms with E-state index in [0.717, 1.165) is 11.1 Å². The first-order valence-electron chi connectivity index (χ1n) is 8.59. The summed E-state index contributed by atoms with van der Waals surface area (Å²) in [6.07, 6.45) is 0.248. The van der Waals surface area contributed by atoms with Crippen molar-refractivity contribution in [3.05, 3.63) is 34.9 Å². The molecule has 5 nitrogen and oxygen atoms in total. The SMILES string of the molecule is Cc1cc(C)cc(C(=O)N[C@@H](CCO[Si](C)(C)C(C)(C)C)C(=O)O)c1. The van der Waals surface area contributed by atoms with Crippen LogP contribution in [0.2, 0.25) is 18.1 Å². The Morgan fingerprint density at radius 3 is 2.12 bits per heavy atom. The summed E-state index contributed by atoms with van der Waals surface area (Å²) in [6, 6.07) is 4.53. The van der Waals surface area contributed by atoms with Crippen LogP contribution in [0.25, 0.3) is 0 Å². The summed E-state index contributed by atoms with van der Waals surface area (Å²) in [4.78, 5) is 23.9. The number of carboxylic acids is 1. The molecule has 1 amide bonds. The molecule has 0 aromatic heterocycles. The normalized spacial score (nSPS) is 13.4. The summed E-state index contributed by atoms with van der Waals surface area (Å²) in [5.74, 6) is -1.41. The fourth-order valence-corrected chi connectivity index (χ4v) is 3.31. The van der Waals surface area contributed by atoms with Crippen LogP contribution in [0.3, 0.4) is 0 Å². The van der Waals surface area contributed by atoms with E-state index in [-0.39, 0.29) is 17.4 Å². The molecule has 0 aliphatic carbocycles. The van der Waals surface area contributed by atoms with Gasteiger partial charge in [-0.05, 0) is 44.1 Å². The summed E-state index contributed by atoms with van der Waals surface area (Å²) in [6.45, 7) is 14.8. The van der Waals surface area contributed by atoms with Gasteiger partial charge in [-0.2, -0.15) is 0 Å². The molecule has 0 saturated carbocycles. The lowest BCUT2D eigenvalue weighted by Crippen LogP contribution is -2.44. The highest BCUT2D eigenvalue weighted by atomic mass is 28.4. The molecule has 25 heavy (non-hydrogen) atoms. The van der Waals surface area contributed by atoms with Crippen LogP contribution >= 0.6 is 0 Å². The quantitative estimate of drug-likeness (QED) is 0.719. The molecule has 0 radical (unpaired) electrons. The monoisotopic (exact) mass is 365 g/mol. The Morgan fingerprint density at radius 2 is 1.68 bits per heavy atom. The minimum absolute atomic E-state index is 0.0636. The smallest absolute Gasteiger partial charge is 0.326 e. The molecule has 1 rings (SSSR count). The molecule has 0 aliphatic heterocycles. The fourth-order valence-electron chi connectivity index (χ4n) is 2.25. The number of aliphatic carboxylic acids is 1. The first-order chi connectivity index (χ1) is 11.3. The Labute approximate surface area is 151 Å². The standard InChI is InChI=1S/C19H31NO4Si/c1-13-10-14(2)12-15(11-13)17(21)20-16(18(22)23)8-9-24-25(6,7)19(3,4)5/h10-12,16H,8-9H2,1-7H3,(H,20,21)(H,22,23)/t16-/m0/s1. The molecular weight excluding hydrogens is 334 g/mol. The zero-order valence-electron chi connectivity index (χ0n) is 16.4. The third-order valence-electron chi connectivity index (χ3n) is 4.76. The molecule has 0 unspecified atom stereocenters. The number of rotatable bonds is 7. The number of carboxylic acid groups (broad SMARTS) is 1. The molecule has 140 valence electrons. The van der Waals surface area contributed by atoms with E-state index in [0.29, 0.717) is 12.2 Å². The van der Waals surface area contributed by atoms with Gasteiger partial charge >= 0.3 is 5.97 Å². The number of carbonyl (C=O) groups excluding carboxylic acids is 1. The second-order valence-corrected chi connectivity index (χ2v) is 12.9. The first-order valence-corrected chi connectivity index (χ1v) is 11.5. The number of hydrogen-bond donors (Lipinski definition) is 2. The van der Waals surface area contributed by atoms with Crippen molar-refractivity contribution in [1.29, 1.82) is 0 Å². The molecule has 1 aromatic rings. The van der Waals surface area contributed by atoms with Gasteiger partial charge in [0, 0.05) is 18.6 Å². The maximum atomic E-state index is 12.4. The van der Waals surface area contributed by atoms with Crippen LogP contribution in [-0.2, 0) is 9.22 Å². The number of hydrogen-bond acceptors (Lipinski definition) is 3. The number of carbonyl (C=O) groups is 2. The van der Waals surface area contributed by atoms with Crippen LogP contribution < -0.4 is 5.32 Å². The Bertz CT molecular complexity index is 615. The van der Waals surface area contributed by atoms with Gasteiger partial charge in [0.2, 0.25) is 0 Å². The van der Waals surface area contributed by atoms with Gasteiger partial charge in [0.1, 0.15) is 6.04 Å². The molecule has 1 aromatic carbocycles. The average Bonchev–Trinajstić information content (AvgIpc) is 2.43. The van der Waals surface area contributed by atoms with E-state index in [1.807, 2.05) is 19.9 Å². The van der Waals surface area contributed by atoms with Crippen LogP contribution in [0.15, 0.2) is 18.2 Å². The zero-order chi connectivity index (χ0) is 19.4. The van der Waals surface area contributed by atoms with Crippen LogP contribution in [-0.4, -0.2) is 37.9 Å². The molecule has 6 heteroatoms. The minimum Gasteiger partial charge on any atom is -0.480 e. The van der Waals surface area contributed by atoms with Gasteiger partial charge in [0.25, 0.3) is 5.91 Å². The maximum absolute atomic E-state index is 12.4. The van der Waals surface area contributed by atoms with Gasteiger partial charge in [-0.15, -0.1) is 0 Å². The Kier molecular flexibility index (Phi) is 6.96. The molecule has 0 aliphatic rings. The van der Waals surface area contributed by atoms with Crippen molar-refractivity contribution in [2.75, 3.05) is 6.61 Å². The topological polar surface area (TPSA) is 75.6 Å². The van der Waals surface area contributed by atoms with Crippen molar-refractivity contribution in [3.8, 4) is 0 Å². The number of nitrogens with one attached hydrogen (secondary N) is 1. The van der Waals surface area contributed by atoms with Gasteiger partial charge in [-0.25, -0.2) is 4.79 Å². The molecule has 0 fully saturated rings. The lowest BCUT2D eigenvalue weighted by molar-refractivity contribution is -0.139. The Hall–Kier alpha value is -1.66. The van der Waals surface area contributed by atoms with E-state index in [2.05, 4.69) is 39.2 Å². The van der Waals surface area contributed by atoms with E-state index >= 15 is 0 Å². The van der Waals surface area contributed by atoms with E-state index < -0.39 is 20.3 Å². The molecular formula is C19H31NO4Si. The summed E-state index contributed by atoms with van der Waals surface area (Å²) < 4.78 is 6.02. The Morgan fingerprint density at radius 1 is 1.16 bits per heavy atom. The van der Waals surface area contributed by atoms with Crippen LogP contribution in [0, 0.1) is 13.8 Å². The van der Waals surface area contributed by atoms with Gasteiger partial charge in [-0.1, -0.05) is 38.0 Å². The predicted octanol–water partition coefficient (Wildman–Crippen LogP) is 3.90. The lowest BCUT2D eigenvalue weighted by Gasteiger charge is -2.36. The third kappa shape index (κ3) is 6.29. The summed E-state index contributed by atoms with van der Waals surface area (Å²) >= 11 is 0. The van der Waals surface area contributed by atoms with Gasteiger partial charge in [0.05, 0.1) is 0 Å². The van der Waals surface area contributed by atoms with E-state index in [1.54, 1.807) is 12.1 Å². The summed E-state index contributed by atoms with van der Waals surface area (Å²) in [5.41, 5.74) is 2.42. The third-order valence-corrected chi connectivity index (χ3v) is 9.30. The van der Waals surface area contributed by atoms with E-state index in [9.17, 15) is 14.7 Å².